The number of ether oxygens (including phenoxy) is 3. The van der Waals surface area contributed by atoms with Crippen molar-refractivity contribution in [2.24, 2.45) is 0 Å². The Morgan fingerprint density at radius 3 is 2.15 bits per heavy atom. The summed E-state index contributed by atoms with van der Waals surface area (Å²) in [6, 6.07) is 6.98. The smallest absolute Gasteiger partial charge is 0.348 e. The maximum atomic E-state index is 12.6. The van der Waals surface area contributed by atoms with Crippen molar-refractivity contribution in [3.05, 3.63) is 40.3 Å². The molecule has 0 bridgehead atoms. The van der Waals surface area contributed by atoms with Crippen LogP contribution in [0.15, 0.2) is 24.3 Å². The maximum absolute atomic E-state index is 12.6. The molecule has 0 radical (unpaired) electrons. The topological polar surface area (TPSA) is 123 Å². The minimum atomic E-state index is -0.662. The summed E-state index contributed by atoms with van der Waals surface area (Å²) in [5.74, 6) is -1.15. The van der Waals surface area contributed by atoms with Crippen molar-refractivity contribution in [3.8, 4) is 5.75 Å². The monoisotopic (exact) mass is 491 g/mol. The largest absolute Gasteiger partial charge is 0.497 e. The van der Waals surface area contributed by atoms with Gasteiger partial charge in [0.15, 0.2) is 0 Å². The molecule has 0 aliphatic rings. The molecule has 2 N–H and O–H groups in total. The van der Waals surface area contributed by atoms with Gasteiger partial charge in [-0.05, 0) is 43.3 Å². The van der Waals surface area contributed by atoms with E-state index in [1.165, 1.54) is 14.2 Å². The van der Waals surface area contributed by atoms with Crippen LogP contribution in [0.4, 0.5) is 10.7 Å². The van der Waals surface area contributed by atoms with E-state index in [2.05, 4.69) is 10.6 Å². The van der Waals surface area contributed by atoms with E-state index >= 15 is 0 Å². The number of likely N-dealkylation sites (N-methyl/N-ethyl adjacent to an activating group) is 1. The minimum absolute atomic E-state index is 0.0781. The number of nitrogens with zero attached hydrogens (tertiary/aromatic N) is 1. The molecule has 0 unspecified atom stereocenters. The summed E-state index contributed by atoms with van der Waals surface area (Å²) in [6.07, 6.45) is 0.0781. The first kappa shape index (κ1) is 26.8. The Hall–Kier alpha value is -3.44. The number of hydrogen-bond acceptors (Lipinski definition) is 9. The van der Waals surface area contributed by atoms with E-state index in [4.69, 9.17) is 14.2 Å². The second kappa shape index (κ2) is 12.7. The van der Waals surface area contributed by atoms with Gasteiger partial charge in [0.25, 0.3) is 0 Å². The summed E-state index contributed by atoms with van der Waals surface area (Å²) < 4.78 is 14.6. The Labute approximate surface area is 202 Å². The zero-order chi connectivity index (χ0) is 25.3. The van der Waals surface area contributed by atoms with Gasteiger partial charge in [0.05, 0.1) is 33.4 Å². The number of anilines is 2. The Morgan fingerprint density at radius 1 is 0.941 bits per heavy atom. The third-order valence-corrected chi connectivity index (χ3v) is 6.19. The summed E-state index contributed by atoms with van der Waals surface area (Å²) in [6.45, 7) is 4.46. The number of rotatable bonds is 11. The Morgan fingerprint density at radius 2 is 1.59 bits per heavy atom. The molecule has 1 aromatic carbocycles. The zero-order valence-corrected chi connectivity index (χ0v) is 20.7. The molecule has 0 atom stereocenters. The summed E-state index contributed by atoms with van der Waals surface area (Å²) in [5.41, 5.74) is 1.14. The van der Waals surface area contributed by atoms with Crippen LogP contribution in [0.2, 0.25) is 0 Å². The van der Waals surface area contributed by atoms with E-state index in [1.807, 2.05) is 11.8 Å². The van der Waals surface area contributed by atoms with Crippen molar-refractivity contribution in [3.63, 3.8) is 0 Å². The average molecular weight is 492 g/mol. The van der Waals surface area contributed by atoms with Crippen molar-refractivity contribution in [1.82, 2.24) is 4.90 Å². The highest BCUT2D eigenvalue weighted by Crippen LogP contribution is 2.34. The van der Waals surface area contributed by atoms with E-state index in [-0.39, 0.29) is 40.2 Å². The number of benzene rings is 1. The lowest BCUT2D eigenvalue weighted by molar-refractivity contribution is -0.119. The number of esters is 2. The number of nitrogens with one attached hydrogen (secondary N) is 2. The van der Waals surface area contributed by atoms with Crippen LogP contribution in [0.1, 0.15) is 38.9 Å². The number of carbonyl (C=O) groups excluding carboxylic acids is 4. The van der Waals surface area contributed by atoms with E-state index in [0.717, 1.165) is 11.3 Å². The molecule has 0 saturated heterocycles. The molecule has 0 saturated carbocycles. The molecule has 11 heteroatoms. The Balaban J connectivity index is 1.97. The maximum Gasteiger partial charge on any atom is 0.348 e. The molecule has 0 spiro atoms. The molecule has 1 heterocycles. The van der Waals surface area contributed by atoms with Gasteiger partial charge in [0.2, 0.25) is 11.8 Å². The zero-order valence-electron chi connectivity index (χ0n) is 19.9. The summed E-state index contributed by atoms with van der Waals surface area (Å²) in [4.78, 5) is 51.2. The van der Waals surface area contributed by atoms with Crippen molar-refractivity contribution < 1.29 is 33.4 Å². The highest BCUT2D eigenvalue weighted by atomic mass is 32.1. The van der Waals surface area contributed by atoms with Crippen LogP contribution >= 0.6 is 11.3 Å². The molecule has 0 fully saturated rings. The Bertz CT molecular complexity index is 1030. The van der Waals surface area contributed by atoms with E-state index in [9.17, 15) is 19.2 Å². The summed E-state index contributed by atoms with van der Waals surface area (Å²) in [7, 11) is 4.03. The fourth-order valence-corrected chi connectivity index (χ4v) is 4.24. The van der Waals surface area contributed by atoms with Crippen LogP contribution in [0.25, 0.3) is 0 Å². The van der Waals surface area contributed by atoms with Crippen LogP contribution in [0.5, 0.6) is 5.75 Å². The predicted octanol–water partition coefficient (Wildman–Crippen LogP) is 2.93. The highest BCUT2D eigenvalue weighted by Gasteiger charge is 2.26. The van der Waals surface area contributed by atoms with E-state index in [1.54, 1.807) is 38.3 Å². The predicted molar refractivity (Wildman–Crippen MR) is 129 cm³/mol. The molecule has 2 rings (SSSR count). The van der Waals surface area contributed by atoms with Crippen LogP contribution in [0.3, 0.4) is 0 Å². The fraction of sp³-hybridized carbons (Fsp3) is 0.391. The summed E-state index contributed by atoms with van der Waals surface area (Å²) >= 11 is 0.951. The molecule has 0 aliphatic heterocycles. The van der Waals surface area contributed by atoms with E-state index < -0.39 is 11.9 Å². The van der Waals surface area contributed by atoms with Gasteiger partial charge in [0, 0.05) is 18.7 Å². The SMILES string of the molecule is CCN(CCC(=O)Nc1sc(C(=O)OC)c(C)c1C(=O)OC)CC(=O)Nc1ccc(OC)cc1. The number of methoxy groups -OCH3 is 3. The second-order valence-corrected chi connectivity index (χ2v) is 8.21. The van der Waals surface area contributed by atoms with Crippen LogP contribution in [-0.4, -0.2) is 69.6 Å². The first-order valence-corrected chi connectivity index (χ1v) is 11.3. The number of carbonyl (C=O) groups is 4. The normalized spacial score (nSPS) is 10.5. The summed E-state index contributed by atoms with van der Waals surface area (Å²) in [5, 5.41) is 5.71. The van der Waals surface area contributed by atoms with Gasteiger partial charge in [-0.25, -0.2) is 9.59 Å². The molecule has 2 amide bonds. The molecule has 34 heavy (non-hydrogen) atoms. The molecule has 184 valence electrons. The first-order chi connectivity index (χ1) is 16.2. The third-order valence-electron chi connectivity index (χ3n) is 5.00. The Kier molecular flexibility index (Phi) is 10.0. The second-order valence-electron chi connectivity index (χ2n) is 7.19. The molecule has 1 aromatic heterocycles. The van der Waals surface area contributed by atoms with Gasteiger partial charge in [-0.15, -0.1) is 11.3 Å². The van der Waals surface area contributed by atoms with Crippen LogP contribution in [0, 0.1) is 6.92 Å². The number of hydrogen-bond donors (Lipinski definition) is 2. The quantitative estimate of drug-likeness (QED) is 0.460. The van der Waals surface area contributed by atoms with Gasteiger partial charge in [-0.1, -0.05) is 6.92 Å². The van der Waals surface area contributed by atoms with Gasteiger partial charge >= 0.3 is 11.9 Å². The first-order valence-electron chi connectivity index (χ1n) is 10.5. The fourth-order valence-electron chi connectivity index (χ4n) is 3.11. The lowest BCUT2D eigenvalue weighted by Gasteiger charge is -2.19. The standard InChI is InChI=1S/C23H29N3O7S/c1-6-26(13-18(28)24-15-7-9-16(31-3)10-8-15)12-11-17(27)25-21-19(22(29)32-4)14(2)20(34-21)23(30)33-5/h7-10H,6,11-13H2,1-5H3,(H,24,28)(H,25,27). The number of amides is 2. The van der Waals surface area contributed by atoms with Gasteiger partial charge in [0.1, 0.15) is 15.6 Å². The lowest BCUT2D eigenvalue weighted by Crippen LogP contribution is -2.35. The lowest BCUT2D eigenvalue weighted by atomic mass is 10.1. The van der Waals surface area contributed by atoms with Crippen LogP contribution < -0.4 is 15.4 Å². The molecule has 10 nitrogen and oxygen atoms in total. The van der Waals surface area contributed by atoms with Gasteiger partial charge < -0.3 is 24.8 Å². The van der Waals surface area contributed by atoms with Crippen molar-refractivity contribution in [2.45, 2.75) is 20.3 Å². The third kappa shape index (κ3) is 7.03. The van der Waals surface area contributed by atoms with Crippen molar-refractivity contribution in [2.75, 3.05) is 51.6 Å². The highest BCUT2D eigenvalue weighted by molar-refractivity contribution is 7.18. The molecule has 2 aromatic rings. The van der Waals surface area contributed by atoms with Crippen molar-refractivity contribution >= 4 is 45.8 Å². The van der Waals surface area contributed by atoms with Crippen LogP contribution in [-0.2, 0) is 19.1 Å². The molecule has 0 aliphatic carbocycles. The van der Waals surface area contributed by atoms with Gasteiger partial charge in [-0.2, -0.15) is 0 Å². The average Bonchev–Trinajstić information content (AvgIpc) is 3.16. The van der Waals surface area contributed by atoms with E-state index in [0.29, 0.717) is 30.1 Å². The van der Waals surface area contributed by atoms with Gasteiger partial charge in [-0.3, -0.25) is 14.5 Å². The van der Waals surface area contributed by atoms with Crippen molar-refractivity contribution in [1.29, 1.82) is 0 Å². The molecular formula is C23H29N3O7S. The number of thiophene rings is 1. The molecular weight excluding hydrogens is 462 g/mol. The minimum Gasteiger partial charge on any atom is -0.497 e.